The number of hydrogen-bond acceptors (Lipinski definition) is 3. The van der Waals surface area contributed by atoms with E-state index in [0.717, 1.165) is 5.69 Å². The van der Waals surface area contributed by atoms with Crippen molar-refractivity contribution in [3.63, 3.8) is 0 Å². The standard InChI is InChI=1S/C22H19ClF3NO3/c1-12-10-18(21(28)14(3)29-17-8-9-20(24)19(23)11-17)13(2)27(12)15-4-6-16(7-5-15)30-22(25)26/h4-11,14,22H,1-3H3. The highest BCUT2D eigenvalue weighted by Gasteiger charge is 2.23. The second-order valence-corrected chi connectivity index (χ2v) is 7.10. The number of aromatic nitrogens is 1. The number of benzene rings is 2. The summed E-state index contributed by atoms with van der Waals surface area (Å²) in [6.45, 7) is 2.32. The fourth-order valence-corrected chi connectivity index (χ4v) is 3.38. The molecular weight excluding hydrogens is 419 g/mol. The van der Waals surface area contributed by atoms with E-state index in [-0.39, 0.29) is 22.3 Å². The third-order valence-corrected chi connectivity index (χ3v) is 4.88. The quantitative estimate of drug-likeness (QED) is 0.417. The van der Waals surface area contributed by atoms with Crippen molar-refractivity contribution in [1.29, 1.82) is 0 Å². The molecule has 1 aromatic heterocycles. The van der Waals surface area contributed by atoms with Gasteiger partial charge in [0.2, 0.25) is 5.78 Å². The number of Topliss-reactive ketones (excluding diaryl/α,β-unsaturated/α-hetero) is 1. The summed E-state index contributed by atoms with van der Waals surface area (Å²) in [5.41, 5.74) is 2.62. The Morgan fingerprint density at radius 1 is 1.00 bits per heavy atom. The number of ketones is 1. The van der Waals surface area contributed by atoms with Crippen molar-refractivity contribution in [1.82, 2.24) is 4.57 Å². The first kappa shape index (κ1) is 21.8. The van der Waals surface area contributed by atoms with Crippen LogP contribution in [0.2, 0.25) is 5.02 Å². The van der Waals surface area contributed by atoms with Gasteiger partial charge in [-0.15, -0.1) is 0 Å². The topological polar surface area (TPSA) is 40.5 Å². The van der Waals surface area contributed by atoms with Crippen molar-refractivity contribution < 1.29 is 27.4 Å². The zero-order chi connectivity index (χ0) is 22.0. The van der Waals surface area contributed by atoms with E-state index in [0.29, 0.717) is 16.9 Å². The molecular formula is C22H19ClF3NO3. The molecule has 4 nitrogen and oxygen atoms in total. The molecule has 3 rings (SSSR count). The first-order chi connectivity index (χ1) is 14.2. The summed E-state index contributed by atoms with van der Waals surface area (Å²) in [6, 6.07) is 11.8. The molecule has 0 fully saturated rings. The van der Waals surface area contributed by atoms with Gasteiger partial charge >= 0.3 is 6.61 Å². The van der Waals surface area contributed by atoms with Crippen molar-refractivity contribution in [2.24, 2.45) is 0 Å². The van der Waals surface area contributed by atoms with E-state index < -0.39 is 18.5 Å². The maximum Gasteiger partial charge on any atom is 0.387 e. The second-order valence-electron chi connectivity index (χ2n) is 6.69. The van der Waals surface area contributed by atoms with Crippen molar-refractivity contribution in [2.75, 3.05) is 0 Å². The van der Waals surface area contributed by atoms with Crippen LogP contribution in [0.4, 0.5) is 13.2 Å². The van der Waals surface area contributed by atoms with Gasteiger partial charge in [-0.3, -0.25) is 4.79 Å². The van der Waals surface area contributed by atoms with Crippen molar-refractivity contribution in [3.8, 4) is 17.2 Å². The predicted octanol–water partition coefficient (Wildman–Crippen LogP) is 6.14. The number of halogens is 4. The Balaban J connectivity index is 1.83. The summed E-state index contributed by atoms with van der Waals surface area (Å²) in [4.78, 5) is 12.9. The normalized spacial score (nSPS) is 12.1. The molecule has 0 N–H and O–H groups in total. The molecule has 0 radical (unpaired) electrons. The van der Waals surface area contributed by atoms with Crippen LogP contribution >= 0.6 is 11.6 Å². The molecule has 1 atom stereocenters. The summed E-state index contributed by atoms with van der Waals surface area (Å²) >= 11 is 5.76. The van der Waals surface area contributed by atoms with Gasteiger partial charge in [0.1, 0.15) is 17.3 Å². The fraction of sp³-hybridized carbons (Fsp3) is 0.227. The van der Waals surface area contributed by atoms with E-state index in [1.807, 2.05) is 11.5 Å². The summed E-state index contributed by atoms with van der Waals surface area (Å²) in [7, 11) is 0. The molecule has 158 valence electrons. The summed E-state index contributed by atoms with van der Waals surface area (Å²) in [5, 5.41) is -0.0930. The van der Waals surface area contributed by atoms with Gasteiger partial charge in [-0.25, -0.2) is 4.39 Å². The molecule has 0 spiro atoms. The Morgan fingerprint density at radius 3 is 2.23 bits per heavy atom. The van der Waals surface area contributed by atoms with Crippen LogP contribution in [0.15, 0.2) is 48.5 Å². The van der Waals surface area contributed by atoms with Crippen LogP contribution in [0.5, 0.6) is 11.5 Å². The van der Waals surface area contributed by atoms with Gasteiger partial charge in [-0.1, -0.05) is 11.6 Å². The average Bonchev–Trinajstić information content (AvgIpc) is 2.98. The van der Waals surface area contributed by atoms with Crippen LogP contribution in [-0.4, -0.2) is 23.1 Å². The fourth-order valence-electron chi connectivity index (χ4n) is 3.21. The molecule has 0 saturated heterocycles. The van der Waals surface area contributed by atoms with E-state index in [1.54, 1.807) is 32.0 Å². The lowest BCUT2D eigenvalue weighted by atomic mass is 10.1. The number of hydrogen-bond donors (Lipinski definition) is 0. The minimum absolute atomic E-state index is 0.0486. The molecule has 1 unspecified atom stereocenters. The van der Waals surface area contributed by atoms with Gasteiger partial charge in [0.05, 0.1) is 5.02 Å². The molecule has 0 amide bonds. The monoisotopic (exact) mass is 437 g/mol. The minimum atomic E-state index is -2.90. The van der Waals surface area contributed by atoms with Gasteiger partial charge in [-0.2, -0.15) is 8.78 Å². The lowest BCUT2D eigenvalue weighted by Crippen LogP contribution is -2.24. The van der Waals surface area contributed by atoms with Crippen LogP contribution in [0.3, 0.4) is 0 Å². The zero-order valence-corrected chi connectivity index (χ0v) is 17.2. The second kappa shape index (κ2) is 8.83. The lowest BCUT2D eigenvalue weighted by Gasteiger charge is -2.15. The third kappa shape index (κ3) is 4.62. The van der Waals surface area contributed by atoms with Crippen LogP contribution in [0, 0.1) is 19.7 Å². The van der Waals surface area contributed by atoms with Gasteiger partial charge in [0.15, 0.2) is 6.10 Å². The Kier molecular flexibility index (Phi) is 6.41. The first-order valence-corrected chi connectivity index (χ1v) is 9.45. The maximum atomic E-state index is 13.3. The van der Waals surface area contributed by atoms with Gasteiger partial charge in [0.25, 0.3) is 0 Å². The van der Waals surface area contributed by atoms with Crippen molar-refractivity contribution >= 4 is 17.4 Å². The van der Waals surface area contributed by atoms with E-state index in [9.17, 15) is 18.0 Å². The van der Waals surface area contributed by atoms with Gasteiger partial charge in [0, 0.05) is 28.7 Å². The van der Waals surface area contributed by atoms with E-state index in [2.05, 4.69) is 4.74 Å². The number of carbonyl (C=O) groups excluding carboxylic acids is 1. The molecule has 0 bridgehead atoms. The zero-order valence-electron chi connectivity index (χ0n) is 16.5. The number of ether oxygens (including phenoxy) is 2. The molecule has 1 heterocycles. The van der Waals surface area contributed by atoms with E-state index >= 15 is 0 Å². The summed E-state index contributed by atoms with van der Waals surface area (Å²) in [5.74, 6) is -0.498. The number of alkyl halides is 2. The predicted molar refractivity (Wildman–Crippen MR) is 108 cm³/mol. The van der Waals surface area contributed by atoms with Crippen LogP contribution in [-0.2, 0) is 0 Å². The third-order valence-electron chi connectivity index (χ3n) is 4.59. The molecule has 8 heteroatoms. The molecule has 2 aromatic carbocycles. The highest BCUT2D eigenvalue weighted by Crippen LogP contribution is 2.26. The Bertz CT molecular complexity index is 1060. The van der Waals surface area contributed by atoms with Crippen LogP contribution in [0.25, 0.3) is 5.69 Å². The largest absolute Gasteiger partial charge is 0.483 e. The van der Waals surface area contributed by atoms with Crippen molar-refractivity contribution in [2.45, 2.75) is 33.5 Å². The number of rotatable bonds is 7. The molecule has 0 aliphatic carbocycles. The molecule has 0 aliphatic heterocycles. The van der Waals surface area contributed by atoms with Crippen LogP contribution in [0.1, 0.15) is 28.7 Å². The van der Waals surface area contributed by atoms with Crippen molar-refractivity contribution in [3.05, 3.63) is 76.3 Å². The smallest absolute Gasteiger partial charge is 0.387 e. The highest BCUT2D eigenvalue weighted by atomic mass is 35.5. The molecule has 3 aromatic rings. The average molecular weight is 438 g/mol. The highest BCUT2D eigenvalue weighted by molar-refractivity contribution is 6.30. The first-order valence-electron chi connectivity index (χ1n) is 9.07. The van der Waals surface area contributed by atoms with E-state index in [4.69, 9.17) is 16.3 Å². The molecule has 30 heavy (non-hydrogen) atoms. The summed E-state index contributed by atoms with van der Waals surface area (Å²) in [6.07, 6.45) is -0.831. The number of carbonyl (C=O) groups is 1. The van der Waals surface area contributed by atoms with E-state index in [1.165, 1.54) is 30.3 Å². The summed E-state index contributed by atoms with van der Waals surface area (Å²) < 4.78 is 49.8. The molecule has 0 aliphatic rings. The Morgan fingerprint density at radius 2 is 1.63 bits per heavy atom. The molecule has 0 saturated carbocycles. The maximum absolute atomic E-state index is 13.3. The Hall–Kier alpha value is -2.93. The van der Waals surface area contributed by atoms with Gasteiger partial charge in [-0.05, 0) is 63.2 Å². The van der Waals surface area contributed by atoms with Crippen LogP contribution < -0.4 is 9.47 Å². The minimum Gasteiger partial charge on any atom is -0.483 e. The lowest BCUT2D eigenvalue weighted by molar-refractivity contribution is -0.0498. The Labute approximate surface area is 176 Å². The number of nitrogens with zero attached hydrogens (tertiary/aromatic N) is 1. The number of aryl methyl sites for hydroxylation is 1. The SMILES string of the molecule is Cc1cc(C(=O)C(C)Oc2ccc(F)c(Cl)c2)c(C)n1-c1ccc(OC(F)F)cc1. The van der Waals surface area contributed by atoms with Gasteiger partial charge < -0.3 is 14.0 Å².